The highest BCUT2D eigenvalue weighted by atomic mass is 16.6. The zero-order valence-corrected chi connectivity index (χ0v) is 25.0. The second-order valence-electron chi connectivity index (χ2n) is 13.6. The van der Waals surface area contributed by atoms with Crippen molar-refractivity contribution in [1.29, 1.82) is 0 Å². The van der Waals surface area contributed by atoms with Gasteiger partial charge in [0.05, 0.1) is 10.8 Å². The van der Waals surface area contributed by atoms with Crippen molar-refractivity contribution in [2.45, 2.75) is 170 Å². The van der Waals surface area contributed by atoms with Crippen molar-refractivity contribution in [3.63, 3.8) is 0 Å². The number of esters is 2. The fraction of sp³-hybridized carbons (Fsp3) is 0.935. The molecule has 0 atom stereocenters. The molecule has 0 spiro atoms. The number of rotatable bonds is 8. The molecule has 206 valence electrons. The molecule has 0 aromatic carbocycles. The average molecular weight is 495 g/mol. The summed E-state index contributed by atoms with van der Waals surface area (Å²) in [6.07, 6.45) is 15.3. The summed E-state index contributed by atoms with van der Waals surface area (Å²) in [7, 11) is 0. The number of hydrogen-bond donors (Lipinski definition) is 0. The molecule has 4 heteroatoms. The van der Waals surface area contributed by atoms with Crippen molar-refractivity contribution < 1.29 is 19.1 Å². The molecule has 0 N–H and O–H groups in total. The first-order valence-electron chi connectivity index (χ1n) is 14.6. The van der Waals surface area contributed by atoms with Crippen LogP contribution in [0.2, 0.25) is 0 Å². The van der Waals surface area contributed by atoms with Gasteiger partial charge in [-0.15, -0.1) is 0 Å². The van der Waals surface area contributed by atoms with Crippen molar-refractivity contribution in [3.8, 4) is 0 Å². The van der Waals surface area contributed by atoms with E-state index in [-0.39, 0.29) is 39.4 Å². The van der Waals surface area contributed by atoms with Gasteiger partial charge in [0.1, 0.15) is 11.2 Å². The lowest BCUT2D eigenvalue weighted by Gasteiger charge is -2.47. The Morgan fingerprint density at radius 1 is 0.629 bits per heavy atom. The molecule has 4 nitrogen and oxygen atoms in total. The van der Waals surface area contributed by atoms with Crippen molar-refractivity contribution in [3.05, 3.63) is 0 Å². The minimum absolute atomic E-state index is 0.00431. The van der Waals surface area contributed by atoms with E-state index in [0.717, 1.165) is 51.4 Å². The molecule has 0 unspecified atom stereocenters. The van der Waals surface area contributed by atoms with Crippen LogP contribution >= 0.6 is 0 Å². The molecule has 2 fully saturated rings. The van der Waals surface area contributed by atoms with Gasteiger partial charge in [-0.3, -0.25) is 9.59 Å². The SMILES string of the molecule is CCC(C)(C)C(=O)OC1(C(C)(C)C)CCCCC1.CCCC1(OC(=O)C(C)(C)CC)CCCCC1. The molecular weight excluding hydrogens is 436 g/mol. The number of hydrogen-bond acceptors (Lipinski definition) is 4. The highest BCUT2D eigenvalue weighted by Crippen LogP contribution is 2.46. The van der Waals surface area contributed by atoms with Crippen LogP contribution in [0.5, 0.6) is 0 Å². The average Bonchev–Trinajstić information content (AvgIpc) is 2.80. The summed E-state index contributed by atoms with van der Waals surface area (Å²) in [6, 6.07) is 0. The predicted octanol–water partition coefficient (Wildman–Crippen LogP) is 9.18. The summed E-state index contributed by atoms with van der Waals surface area (Å²) in [4.78, 5) is 24.6. The number of carbonyl (C=O) groups excluding carboxylic acids is 2. The van der Waals surface area contributed by atoms with Crippen molar-refractivity contribution in [1.82, 2.24) is 0 Å². The maximum atomic E-state index is 12.4. The Morgan fingerprint density at radius 2 is 1.03 bits per heavy atom. The number of carbonyl (C=O) groups is 2. The van der Waals surface area contributed by atoms with E-state index in [1.807, 2.05) is 34.6 Å². The van der Waals surface area contributed by atoms with Crippen LogP contribution in [0.4, 0.5) is 0 Å². The van der Waals surface area contributed by atoms with Gasteiger partial charge in [0.15, 0.2) is 0 Å². The van der Waals surface area contributed by atoms with Crippen molar-refractivity contribution in [2.75, 3.05) is 0 Å². The third-order valence-electron chi connectivity index (χ3n) is 8.97. The van der Waals surface area contributed by atoms with Crippen molar-refractivity contribution >= 4 is 11.9 Å². The third kappa shape index (κ3) is 8.78. The maximum absolute atomic E-state index is 12.4. The van der Waals surface area contributed by atoms with Crippen LogP contribution in [0.1, 0.15) is 159 Å². The fourth-order valence-corrected chi connectivity index (χ4v) is 5.12. The first-order valence-corrected chi connectivity index (χ1v) is 14.6. The highest BCUT2D eigenvalue weighted by Gasteiger charge is 2.47. The Hall–Kier alpha value is -1.06. The summed E-state index contributed by atoms with van der Waals surface area (Å²) < 4.78 is 12.0. The Balaban J connectivity index is 0.000000351. The van der Waals surface area contributed by atoms with Gasteiger partial charge in [-0.25, -0.2) is 0 Å². The van der Waals surface area contributed by atoms with E-state index in [4.69, 9.17) is 9.47 Å². The van der Waals surface area contributed by atoms with E-state index < -0.39 is 0 Å². The molecule has 0 aromatic heterocycles. The van der Waals surface area contributed by atoms with Gasteiger partial charge in [0.2, 0.25) is 0 Å². The van der Waals surface area contributed by atoms with Gasteiger partial charge >= 0.3 is 11.9 Å². The molecule has 0 amide bonds. The second-order valence-corrected chi connectivity index (χ2v) is 13.6. The van der Waals surface area contributed by atoms with Gasteiger partial charge in [-0.1, -0.05) is 60.8 Å². The minimum Gasteiger partial charge on any atom is -0.459 e. The van der Waals surface area contributed by atoms with Gasteiger partial charge in [-0.05, 0) is 98.3 Å². The quantitative estimate of drug-likeness (QED) is 0.316. The van der Waals surface area contributed by atoms with Gasteiger partial charge in [0, 0.05) is 5.41 Å². The monoisotopic (exact) mass is 494 g/mol. The first kappa shape index (κ1) is 32.0. The summed E-state index contributed by atoms with van der Waals surface area (Å²) in [5.41, 5.74) is -1.08. The van der Waals surface area contributed by atoms with E-state index in [2.05, 4.69) is 34.6 Å². The molecule has 2 saturated carbocycles. The normalized spacial score (nSPS) is 20.3. The van der Waals surface area contributed by atoms with E-state index in [9.17, 15) is 9.59 Å². The van der Waals surface area contributed by atoms with E-state index in [1.54, 1.807) is 0 Å². The van der Waals surface area contributed by atoms with Crippen LogP contribution in [0.25, 0.3) is 0 Å². The molecule has 0 bridgehead atoms. The van der Waals surface area contributed by atoms with E-state index in [1.165, 1.54) is 38.5 Å². The molecule has 0 aromatic rings. The molecular formula is C31H58O4. The van der Waals surface area contributed by atoms with Gasteiger partial charge < -0.3 is 9.47 Å². The lowest BCUT2D eigenvalue weighted by atomic mass is 9.68. The van der Waals surface area contributed by atoms with Crippen LogP contribution in [-0.2, 0) is 19.1 Å². The van der Waals surface area contributed by atoms with Crippen LogP contribution in [0, 0.1) is 16.2 Å². The lowest BCUT2D eigenvalue weighted by Crippen LogP contribution is -2.50. The van der Waals surface area contributed by atoms with Crippen LogP contribution in [-0.4, -0.2) is 23.1 Å². The molecule has 2 rings (SSSR count). The standard InChI is InChI=1S/C16H30O2.C15H28O2/c1-7-15(5,6)13(17)18-16(14(2,3)4)11-9-8-10-12-16;1-5-10-15(11-8-7-9-12-15)17-13(16)14(3,4)6-2/h7-12H2,1-6H3;5-12H2,1-4H3. The van der Waals surface area contributed by atoms with E-state index in [0.29, 0.717) is 0 Å². The van der Waals surface area contributed by atoms with Crippen LogP contribution in [0.3, 0.4) is 0 Å². The van der Waals surface area contributed by atoms with Crippen LogP contribution < -0.4 is 0 Å². The molecule has 2 aliphatic carbocycles. The molecule has 0 heterocycles. The Morgan fingerprint density at radius 3 is 1.40 bits per heavy atom. The van der Waals surface area contributed by atoms with E-state index >= 15 is 0 Å². The molecule has 0 aliphatic heterocycles. The zero-order valence-electron chi connectivity index (χ0n) is 25.0. The van der Waals surface area contributed by atoms with Gasteiger partial charge in [-0.2, -0.15) is 0 Å². The topological polar surface area (TPSA) is 52.6 Å². The van der Waals surface area contributed by atoms with Gasteiger partial charge in [0.25, 0.3) is 0 Å². The lowest BCUT2D eigenvalue weighted by molar-refractivity contribution is -0.190. The summed E-state index contributed by atoms with van der Waals surface area (Å²) in [5.74, 6) is -0.0304. The predicted molar refractivity (Wildman–Crippen MR) is 146 cm³/mol. The Kier molecular flexibility index (Phi) is 11.8. The van der Waals surface area contributed by atoms with Crippen LogP contribution in [0.15, 0.2) is 0 Å². The highest BCUT2D eigenvalue weighted by molar-refractivity contribution is 5.76. The second kappa shape index (κ2) is 13.0. The molecule has 2 aliphatic rings. The third-order valence-corrected chi connectivity index (χ3v) is 8.97. The zero-order chi connectivity index (χ0) is 27.0. The first-order chi connectivity index (χ1) is 16.1. The molecule has 0 radical (unpaired) electrons. The smallest absolute Gasteiger partial charge is 0.312 e. The Labute approximate surface area is 217 Å². The molecule has 35 heavy (non-hydrogen) atoms. The Bertz CT molecular complexity index is 650. The summed E-state index contributed by atoms with van der Waals surface area (Å²) in [6.45, 7) is 20.8. The largest absolute Gasteiger partial charge is 0.459 e. The van der Waals surface area contributed by atoms with Crippen molar-refractivity contribution in [2.24, 2.45) is 16.2 Å². The fourth-order valence-electron chi connectivity index (χ4n) is 5.12. The number of ether oxygens (including phenoxy) is 2. The molecule has 0 saturated heterocycles. The summed E-state index contributed by atoms with van der Waals surface area (Å²) in [5, 5.41) is 0. The summed E-state index contributed by atoms with van der Waals surface area (Å²) >= 11 is 0. The maximum Gasteiger partial charge on any atom is 0.312 e. The minimum atomic E-state index is -0.365.